The Balaban J connectivity index is 1.36. The van der Waals surface area contributed by atoms with Gasteiger partial charge in [0, 0.05) is 6.04 Å². The molecule has 2 aromatic carbocycles. The SMILES string of the molecule is O=C1CC(N(C(=O)CSc2nc3ccccc3[nH]2)C2CCCCC2)C(=O)N1c1ccccc1. The number of para-hydroxylation sites is 3. The van der Waals surface area contributed by atoms with Crippen LogP contribution in [-0.4, -0.2) is 50.4 Å². The number of aromatic nitrogens is 2. The Bertz CT molecular complexity index is 1140. The van der Waals surface area contributed by atoms with Crippen molar-refractivity contribution in [3.05, 3.63) is 54.6 Å². The minimum Gasteiger partial charge on any atom is -0.333 e. The number of hydrogen-bond acceptors (Lipinski definition) is 5. The lowest BCUT2D eigenvalue weighted by Crippen LogP contribution is -2.52. The van der Waals surface area contributed by atoms with Crippen LogP contribution in [0.4, 0.5) is 5.69 Å². The first kappa shape index (κ1) is 21.7. The van der Waals surface area contributed by atoms with Gasteiger partial charge in [-0.25, -0.2) is 9.88 Å². The summed E-state index contributed by atoms with van der Waals surface area (Å²) in [4.78, 5) is 50.4. The Morgan fingerprint density at radius 2 is 1.76 bits per heavy atom. The molecular formula is C25H26N4O3S. The van der Waals surface area contributed by atoms with E-state index in [4.69, 9.17) is 0 Å². The third-order valence-corrected chi connectivity index (χ3v) is 7.29. The molecule has 1 atom stereocenters. The minimum atomic E-state index is -0.746. The number of imidazole rings is 1. The predicted octanol–water partition coefficient (Wildman–Crippen LogP) is 4.15. The van der Waals surface area contributed by atoms with Gasteiger partial charge in [-0.15, -0.1) is 0 Å². The Hall–Kier alpha value is -3.13. The van der Waals surface area contributed by atoms with Gasteiger partial charge in [0.1, 0.15) is 6.04 Å². The largest absolute Gasteiger partial charge is 0.333 e. The number of fused-ring (bicyclic) bond motifs is 1. The molecule has 1 unspecified atom stereocenters. The van der Waals surface area contributed by atoms with Gasteiger partial charge in [0.25, 0.3) is 5.91 Å². The number of thioether (sulfide) groups is 1. The van der Waals surface area contributed by atoms with Crippen molar-refractivity contribution >= 4 is 46.2 Å². The first-order chi connectivity index (χ1) is 16.1. The van der Waals surface area contributed by atoms with Crippen molar-refractivity contribution in [3.8, 4) is 0 Å². The van der Waals surface area contributed by atoms with E-state index in [9.17, 15) is 14.4 Å². The van der Waals surface area contributed by atoms with Crippen molar-refractivity contribution in [1.82, 2.24) is 14.9 Å². The van der Waals surface area contributed by atoms with E-state index in [1.807, 2.05) is 30.3 Å². The van der Waals surface area contributed by atoms with Gasteiger partial charge in [-0.1, -0.05) is 61.4 Å². The molecule has 2 aliphatic rings. The smallest absolute Gasteiger partial charge is 0.257 e. The molecule has 33 heavy (non-hydrogen) atoms. The lowest BCUT2D eigenvalue weighted by Gasteiger charge is -2.37. The summed E-state index contributed by atoms with van der Waals surface area (Å²) in [5, 5.41) is 0.674. The van der Waals surface area contributed by atoms with Gasteiger partial charge < -0.3 is 9.88 Å². The lowest BCUT2D eigenvalue weighted by molar-refractivity contribution is -0.139. The summed E-state index contributed by atoms with van der Waals surface area (Å²) in [5.41, 5.74) is 2.33. The fraction of sp³-hybridized carbons (Fsp3) is 0.360. The second-order valence-corrected chi connectivity index (χ2v) is 9.53. The van der Waals surface area contributed by atoms with Crippen molar-refractivity contribution in [2.45, 2.75) is 55.8 Å². The lowest BCUT2D eigenvalue weighted by atomic mass is 9.92. The van der Waals surface area contributed by atoms with E-state index in [1.165, 1.54) is 16.7 Å². The number of amides is 3. The highest BCUT2D eigenvalue weighted by Crippen LogP contribution is 2.32. The molecule has 1 aromatic heterocycles. The van der Waals surface area contributed by atoms with Crippen LogP contribution < -0.4 is 4.90 Å². The van der Waals surface area contributed by atoms with Crippen molar-refractivity contribution in [2.75, 3.05) is 10.7 Å². The zero-order valence-electron chi connectivity index (χ0n) is 18.3. The van der Waals surface area contributed by atoms with Gasteiger partial charge in [0.05, 0.1) is 28.9 Å². The summed E-state index contributed by atoms with van der Waals surface area (Å²) in [7, 11) is 0. The highest BCUT2D eigenvalue weighted by Gasteiger charge is 2.46. The zero-order chi connectivity index (χ0) is 22.8. The topological polar surface area (TPSA) is 86.4 Å². The molecule has 5 rings (SSSR count). The number of H-pyrrole nitrogens is 1. The first-order valence-electron chi connectivity index (χ1n) is 11.4. The molecule has 1 aliphatic heterocycles. The maximum Gasteiger partial charge on any atom is 0.257 e. The van der Waals surface area contributed by atoms with Crippen molar-refractivity contribution in [2.24, 2.45) is 0 Å². The molecule has 3 amide bonds. The van der Waals surface area contributed by atoms with Gasteiger partial charge >= 0.3 is 0 Å². The van der Waals surface area contributed by atoms with Crippen LogP contribution in [0, 0.1) is 0 Å². The molecule has 0 spiro atoms. The monoisotopic (exact) mass is 462 g/mol. The van der Waals surface area contributed by atoms with Crippen LogP contribution >= 0.6 is 11.8 Å². The molecule has 0 radical (unpaired) electrons. The maximum absolute atomic E-state index is 13.5. The number of aromatic amines is 1. The number of nitrogens with zero attached hydrogens (tertiary/aromatic N) is 3. The van der Waals surface area contributed by atoms with Crippen LogP contribution in [0.25, 0.3) is 11.0 Å². The molecule has 8 heteroatoms. The van der Waals surface area contributed by atoms with Crippen molar-refractivity contribution in [3.63, 3.8) is 0 Å². The Morgan fingerprint density at radius 3 is 2.52 bits per heavy atom. The average molecular weight is 463 g/mol. The van der Waals surface area contributed by atoms with Crippen LogP contribution in [0.2, 0.25) is 0 Å². The first-order valence-corrected chi connectivity index (χ1v) is 12.4. The zero-order valence-corrected chi connectivity index (χ0v) is 19.1. The van der Waals surface area contributed by atoms with Gasteiger partial charge in [0.2, 0.25) is 11.8 Å². The van der Waals surface area contributed by atoms with E-state index in [2.05, 4.69) is 9.97 Å². The summed E-state index contributed by atoms with van der Waals surface area (Å²) in [6, 6.07) is 15.9. The number of carbonyl (C=O) groups excluding carboxylic acids is 3. The molecular weight excluding hydrogens is 436 g/mol. The molecule has 1 saturated carbocycles. The molecule has 7 nitrogen and oxygen atoms in total. The number of benzene rings is 2. The highest BCUT2D eigenvalue weighted by atomic mass is 32.2. The Kier molecular flexibility index (Phi) is 6.17. The molecule has 1 aliphatic carbocycles. The molecule has 0 bridgehead atoms. The third kappa shape index (κ3) is 4.39. The average Bonchev–Trinajstić information content (AvgIpc) is 3.39. The number of hydrogen-bond donors (Lipinski definition) is 1. The number of carbonyl (C=O) groups is 3. The second kappa shape index (κ2) is 9.39. The number of imide groups is 1. The molecule has 2 heterocycles. The van der Waals surface area contributed by atoms with E-state index in [0.29, 0.717) is 10.8 Å². The Morgan fingerprint density at radius 1 is 1.03 bits per heavy atom. The van der Waals surface area contributed by atoms with Crippen LogP contribution in [0.5, 0.6) is 0 Å². The standard InChI is InChI=1S/C25H26N4O3S/c30-22-15-21(24(32)29(22)18-11-5-2-6-12-18)28(17-9-3-1-4-10-17)23(31)16-33-25-26-19-13-7-8-14-20(19)27-25/h2,5-8,11-14,17,21H,1,3-4,9-10,15-16H2,(H,26,27). The predicted molar refractivity (Wildman–Crippen MR) is 128 cm³/mol. The van der Waals surface area contributed by atoms with E-state index >= 15 is 0 Å². The van der Waals surface area contributed by atoms with Gasteiger partial charge in [-0.05, 0) is 37.1 Å². The highest BCUT2D eigenvalue weighted by molar-refractivity contribution is 7.99. The summed E-state index contributed by atoms with van der Waals surface area (Å²) in [5.74, 6) is -0.512. The fourth-order valence-corrected chi connectivity index (χ4v) is 5.63. The Labute approximate surface area is 196 Å². The van der Waals surface area contributed by atoms with E-state index in [1.54, 1.807) is 29.2 Å². The van der Waals surface area contributed by atoms with Gasteiger partial charge in [-0.3, -0.25) is 14.4 Å². The molecule has 170 valence electrons. The maximum atomic E-state index is 13.5. The van der Waals surface area contributed by atoms with E-state index < -0.39 is 6.04 Å². The summed E-state index contributed by atoms with van der Waals surface area (Å²) in [6.45, 7) is 0. The second-order valence-electron chi connectivity index (χ2n) is 8.56. The summed E-state index contributed by atoms with van der Waals surface area (Å²) in [6.07, 6.45) is 4.96. The van der Waals surface area contributed by atoms with Crippen molar-refractivity contribution in [1.29, 1.82) is 0 Å². The quantitative estimate of drug-likeness (QED) is 0.439. The molecule has 1 saturated heterocycles. The fourth-order valence-electron chi connectivity index (χ4n) is 4.88. The van der Waals surface area contributed by atoms with Gasteiger partial charge in [0.15, 0.2) is 5.16 Å². The number of rotatable bonds is 6. The van der Waals surface area contributed by atoms with Crippen LogP contribution in [0.15, 0.2) is 59.8 Å². The number of anilines is 1. The van der Waals surface area contributed by atoms with E-state index in [-0.39, 0.29) is 35.9 Å². The van der Waals surface area contributed by atoms with Crippen LogP contribution in [0.1, 0.15) is 38.5 Å². The summed E-state index contributed by atoms with van der Waals surface area (Å²) < 4.78 is 0. The van der Waals surface area contributed by atoms with Crippen LogP contribution in [0.3, 0.4) is 0 Å². The molecule has 3 aromatic rings. The van der Waals surface area contributed by atoms with Crippen LogP contribution in [-0.2, 0) is 14.4 Å². The van der Waals surface area contributed by atoms with Gasteiger partial charge in [-0.2, -0.15) is 0 Å². The molecule has 1 N–H and O–H groups in total. The summed E-state index contributed by atoms with van der Waals surface area (Å²) >= 11 is 1.34. The third-order valence-electron chi connectivity index (χ3n) is 6.43. The minimum absolute atomic E-state index is 0.0139. The normalized spacial score (nSPS) is 19.4. The molecule has 2 fully saturated rings. The van der Waals surface area contributed by atoms with E-state index in [0.717, 1.165) is 43.1 Å². The number of nitrogens with one attached hydrogen (secondary N) is 1. The van der Waals surface area contributed by atoms with Crippen molar-refractivity contribution < 1.29 is 14.4 Å².